The van der Waals surface area contributed by atoms with Gasteiger partial charge in [-0.3, -0.25) is 4.90 Å². The molecule has 18 heavy (non-hydrogen) atoms. The molecule has 1 aromatic carbocycles. The third-order valence-corrected chi connectivity index (χ3v) is 3.77. The second-order valence-corrected chi connectivity index (χ2v) is 5.31. The van der Waals surface area contributed by atoms with E-state index in [1.807, 2.05) is 12.1 Å². The van der Waals surface area contributed by atoms with E-state index in [1.54, 1.807) is 17.4 Å². The summed E-state index contributed by atoms with van der Waals surface area (Å²) in [5.41, 5.74) is 7.28. The van der Waals surface area contributed by atoms with Crippen LogP contribution >= 0.6 is 11.3 Å². The summed E-state index contributed by atoms with van der Waals surface area (Å²) >= 11 is 1.78. The summed E-state index contributed by atoms with van der Waals surface area (Å²) in [5, 5.41) is 11.5. The van der Waals surface area contributed by atoms with E-state index >= 15 is 0 Å². The maximum absolute atomic E-state index is 9.41. The molecule has 3 nitrogen and oxygen atoms in total. The summed E-state index contributed by atoms with van der Waals surface area (Å²) in [6, 6.07) is 9.64. The molecule has 0 amide bonds. The topological polar surface area (TPSA) is 49.5 Å². The summed E-state index contributed by atoms with van der Waals surface area (Å²) in [6.07, 6.45) is 0. The van der Waals surface area contributed by atoms with Crippen molar-refractivity contribution in [3.05, 3.63) is 46.2 Å². The molecule has 96 valence electrons. The van der Waals surface area contributed by atoms with Crippen LogP contribution in [0.2, 0.25) is 0 Å². The first-order valence-electron chi connectivity index (χ1n) is 6.01. The molecule has 0 fully saturated rings. The molecule has 1 aromatic heterocycles. The average molecular weight is 262 g/mol. The van der Waals surface area contributed by atoms with Crippen LogP contribution in [0.4, 0.5) is 5.69 Å². The van der Waals surface area contributed by atoms with Crippen LogP contribution in [0.1, 0.15) is 17.4 Å². The summed E-state index contributed by atoms with van der Waals surface area (Å²) in [6.45, 7) is 4.93. The molecule has 0 aliphatic rings. The summed E-state index contributed by atoms with van der Waals surface area (Å²) in [5.74, 6) is 0.153. The van der Waals surface area contributed by atoms with Crippen LogP contribution in [0.5, 0.6) is 5.75 Å². The van der Waals surface area contributed by atoms with Gasteiger partial charge >= 0.3 is 0 Å². The quantitative estimate of drug-likeness (QED) is 0.643. The number of hydrogen-bond donors (Lipinski definition) is 2. The Morgan fingerprint density at radius 3 is 2.72 bits per heavy atom. The van der Waals surface area contributed by atoms with Crippen LogP contribution in [0, 0.1) is 0 Å². The number of nitrogens with two attached hydrogens (primary N) is 1. The Labute approximate surface area is 111 Å². The molecule has 2 rings (SSSR count). The molecule has 0 atom stereocenters. The number of hydrogen-bond acceptors (Lipinski definition) is 4. The first-order chi connectivity index (χ1) is 8.69. The fourth-order valence-electron chi connectivity index (χ4n) is 1.86. The monoisotopic (exact) mass is 262 g/mol. The number of nitrogen functional groups attached to an aromatic ring is 1. The standard InChI is InChI=1S/C14H18N2OS/c1-2-16(10-12-4-3-7-18-12)9-11-5-6-14(17)13(15)8-11/h3-8,17H,2,9-10,15H2,1H3. The number of benzene rings is 1. The molecule has 0 saturated carbocycles. The smallest absolute Gasteiger partial charge is 0.138 e. The van der Waals surface area contributed by atoms with E-state index in [0.29, 0.717) is 5.69 Å². The second kappa shape index (κ2) is 5.89. The lowest BCUT2D eigenvalue weighted by molar-refractivity contribution is 0.274. The van der Waals surface area contributed by atoms with Crippen LogP contribution < -0.4 is 5.73 Å². The van der Waals surface area contributed by atoms with Crippen molar-refractivity contribution in [2.75, 3.05) is 12.3 Å². The summed E-state index contributed by atoms with van der Waals surface area (Å²) < 4.78 is 0. The van der Waals surface area contributed by atoms with E-state index < -0.39 is 0 Å². The van der Waals surface area contributed by atoms with Crippen LogP contribution in [0.25, 0.3) is 0 Å². The number of aromatic hydroxyl groups is 1. The Morgan fingerprint density at radius 1 is 1.28 bits per heavy atom. The normalized spacial score (nSPS) is 11.0. The minimum Gasteiger partial charge on any atom is -0.506 e. The van der Waals surface area contributed by atoms with Gasteiger partial charge in [-0.1, -0.05) is 19.1 Å². The third-order valence-electron chi connectivity index (χ3n) is 2.90. The molecular formula is C14H18N2OS. The molecule has 0 spiro atoms. The lowest BCUT2D eigenvalue weighted by atomic mass is 10.1. The fourth-order valence-corrected chi connectivity index (χ4v) is 2.61. The van der Waals surface area contributed by atoms with Gasteiger partial charge in [0.05, 0.1) is 5.69 Å². The van der Waals surface area contributed by atoms with Gasteiger partial charge < -0.3 is 10.8 Å². The lowest BCUT2D eigenvalue weighted by Crippen LogP contribution is -2.21. The van der Waals surface area contributed by atoms with Crippen molar-refractivity contribution in [2.45, 2.75) is 20.0 Å². The Hall–Kier alpha value is -1.52. The number of anilines is 1. The van der Waals surface area contributed by atoms with E-state index in [0.717, 1.165) is 25.2 Å². The van der Waals surface area contributed by atoms with Gasteiger partial charge in [-0.2, -0.15) is 0 Å². The summed E-state index contributed by atoms with van der Waals surface area (Å²) in [4.78, 5) is 3.71. The van der Waals surface area contributed by atoms with E-state index in [-0.39, 0.29) is 5.75 Å². The lowest BCUT2D eigenvalue weighted by Gasteiger charge is -2.20. The van der Waals surface area contributed by atoms with Crippen molar-refractivity contribution in [3.8, 4) is 5.75 Å². The highest BCUT2D eigenvalue weighted by molar-refractivity contribution is 7.09. The van der Waals surface area contributed by atoms with E-state index in [1.165, 1.54) is 4.88 Å². The van der Waals surface area contributed by atoms with Crippen LogP contribution in [-0.4, -0.2) is 16.6 Å². The zero-order valence-electron chi connectivity index (χ0n) is 10.5. The fraction of sp³-hybridized carbons (Fsp3) is 0.286. The highest BCUT2D eigenvalue weighted by atomic mass is 32.1. The molecule has 0 aliphatic heterocycles. The van der Waals surface area contributed by atoms with Gasteiger partial charge in [-0.25, -0.2) is 0 Å². The first kappa shape index (κ1) is 12.9. The van der Waals surface area contributed by atoms with Gasteiger partial charge in [0.25, 0.3) is 0 Å². The molecule has 0 bridgehead atoms. The molecule has 0 radical (unpaired) electrons. The highest BCUT2D eigenvalue weighted by Gasteiger charge is 2.07. The van der Waals surface area contributed by atoms with Gasteiger partial charge in [0.15, 0.2) is 0 Å². The number of phenolic OH excluding ortho intramolecular Hbond substituents is 1. The number of rotatable bonds is 5. The van der Waals surface area contributed by atoms with E-state index in [9.17, 15) is 5.11 Å². The molecular weight excluding hydrogens is 244 g/mol. The van der Waals surface area contributed by atoms with Gasteiger partial charge in [0.2, 0.25) is 0 Å². The SMILES string of the molecule is CCN(Cc1ccc(O)c(N)c1)Cc1cccs1. The Kier molecular flexibility index (Phi) is 4.23. The maximum Gasteiger partial charge on any atom is 0.138 e. The summed E-state index contributed by atoms with van der Waals surface area (Å²) in [7, 11) is 0. The maximum atomic E-state index is 9.41. The second-order valence-electron chi connectivity index (χ2n) is 4.28. The number of phenols is 1. The molecule has 0 aliphatic carbocycles. The minimum absolute atomic E-state index is 0.153. The van der Waals surface area contributed by atoms with E-state index in [2.05, 4.69) is 29.3 Å². The Morgan fingerprint density at radius 2 is 2.11 bits per heavy atom. The van der Waals surface area contributed by atoms with Crippen molar-refractivity contribution in [1.29, 1.82) is 0 Å². The molecule has 0 unspecified atom stereocenters. The van der Waals surface area contributed by atoms with Crippen molar-refractivity contribution in [2.24, 2.45) is 0 Å². The van der Waals surface area contributed by atoms with Crippen molar-refractivity contribution in [1.82, 2.24) is 4.90 Å². The van der Waals surface area contributed by atoms with Crippen molar-refractivity contribution in [3.63, 3.8) is 0 Å². The molecule has 1 heterocycles. The third kappa shape index (κ3) is 3.24. The van der Waals surface area contributed by atoms with Crippen LogP contribution in [0.3, 0.4) is 0 Å². The molecule has 2 aromatic rings. The Balaban J connectivity index is 2.03. The van der Waals surface area contributed by atoms with Gasteiger partial charge in [0.1, 0.15) is 5.75 Å². The predicted octanol–water partition coefficient (Wildman–Crippen LogP) is 3.06. The minimum atomic E-state index is 0.153. The van der Waals surface area contributed by atoms with Crippen molar-refractivity contribution < 1.29 is 5.11 Å². The Bertz CT molecular complexity index is 497. The van der Waals surface area contributed by atoms with Gasteiger partial charge in [-0.05, 0) is 35.7 Å². The molecule has 4 heteroatoms. The first-order valence-corrected chi connectivity index (χ1v) is 6.89. The molecule has 3 N–H and O–H groups in total. The van der Waals surface area contributed by atoms with Crippen LogP contribution in [0.15, 0.2) is 35.7 Å². The number of nitrogens with zero attached hydrogens (tertiary/aromatic N) is 1. The predicted molar refractivity (Wildman–Crippen MR) is 76.6 cm³/mol. The highest BCUT2D eigenvalue weighted by Crippen LogP contribution is 2.22. The van der Waals surface area contributed by atoms with Gasteiger partial charge in [0, 0.05) is 18.0 Å². The van der Waals surface area contributed by atoms with Gasteiger partial charge in [-0.15, -0.1) is 11.3 Å². The zero-order valence-corrected chi connectivity index (χ0v) is 11.3. The zero-order chi connectivity index (χ0) is 13.0. The average Bonchev–Trinajstić information content (AvgIpc) is 2.86. The number of thiophene rings is 1. The largest absolute Gasteiger partial charge is 0.506 e. The molecule has 0 saturated heterocycles. The van der Waals surface area contributed by atoms with Crippen molar-refractivity contribution >= 4 is 17.0 Å². The van der Waals surface area contributed by atoms with E-state index in [4.69, 9.17) is 5.73 Å². The van der Waals surface area contributed by atoms with Crippen LogP contribution in [-0.2, 0) is 13.1 Å².